The van der Waals surface area contributed by atoms with E-state index >= 15 is 0 Å². The summed E-state index contributed by atoms with van der Waals surface area (Å²) in [7, 11) is 0. The Morgan fingerprint density at radius 3 is 2.33 bits per heavy atom. The number of hydrogen-bond donors (Lipinski definition) is 1. The first-order valence-electron chi connectivity index (χ1n) is 5.92. The standard InChI is InChI=1S/C16H16O2/c17-13-15-10-8-14(9-11-15)5-4-12-18-16-6-2-1-3-7-16/h1-11,17H,12-13H2. The fraction of sp³-hybridized carbons (Fsp3) is 0.125. The van der Waals surface area contributed by atoms with Gasteiger partial charge < -0.3 is 9.84 Å². The van der Waals surface area contributed by atoms with Crippen molar-refractivity contribution >= 4 is 6.08 Å². The van der Waals surface area contributed by atoms with Gasteiger partial charge in [-0.25, -0.2) is 0 Å². The lowest BCUT2D eigenvalue weighted by Crippen LogP contribution is -1.92. The Balaban J connectivity index is 1.84. The lowest BCUT2D eigenvalue weighted by molar-refractivity contribution is 0.282. The fourth-order valence-electron chi connectivity index (χ4n) is 1.58. The minimum atomic E-state index is 0.0844. The molecule has 0 spiro atoms. The number of para-hydroxylation sites is 1. The highest BCUT2D eigenvalue weighted by Crippen LogP contribution is 2.09. The maximum atomic E-state index is 8.93. The second-order valence-electron chi connectivity index (χ2n) is 3.93. The molecule has 2 rings (SSSR count). The van der Waals surface area contributed by atoms with Crippen molar-refractivity contribution in [2.45, 2.75) is 6.61 Å². The molecule has 2 nitrogen and oxygen atoms in total. The summed E-state index contributed by atoms with van der Waals surface area (Å²) in [5.41, 5.74) is 2.02. The van der Waals surface area contributed by atoms with Crippen LogP contribution in [0.25, 0.3) is 6.08 Å². The first-order valence-corrected chi connectivity index (χ1v) is 5.92. The van der Waals surface area contributed by atoms with Crippen LogP contribution in [0.15, 0.2) is 60.7 Å². The van der Waals surface area contributed by atoms with E-state index in [1.807, 2.05) is 66.7 Å². The normalized spacial score (nSPS) is 10.7. The second-order valence-corrected chi connectivity index (χ2v) is 3.93. The number of aliphatic hydroxyl groups is 1. The summed E-state index contributed by atoms with van der Waals surface area (Å²) in [4.78, 5) is 0. The molecule has 2 aromatic rings. The van der Waals surface area contributed by atoms with Crippen molar-refractivity contribution in [1.82, 2.24) is 0 Å². The molecule has 0 unspecified atom stereocenters. The molecule has 0 atom stereocenters. The van der Waals surface area contributed by atoms with Crippen LogP contribution in [-0.2, 0) is 6.61 Å². The molecule has 0 aliphatic carbocycles. The molecule has 2 aromatic carbocycles. The van der Waals surface area contributed by atoms with Crippen molar-refractivity contribution in [2.75, 3.05) is 6.61 Å². The summed E-state index contributed by atoms with van der Waals surface area (Å²) in [6.45, 7) is 0.632. The second kappa shape index (κ2) is 6.62. The van der Waals surface area contributed by atoms with Crippen LogP contribution in [0.2, 0.25) is 0 Å². The molecule has 18 heavy (non-hydrogen) atoms. The first kappa shape index (κ1) is 12.4. The monoisotopic (exact) mass is 240 g/mol. The molecule has 0 saturated heterocycles. The van der Waals surface area contributed by atoms with E-state index < -0.39 is 0 Å². The van der Waals surface area contributed by atoms with Crippen LogP contribution >= 0.6 is 0 Å². The minimum Gasteiger partial charge on any atom is -0.490 e. The van der Waals surface area contributed by atoms with Gasteiger partial charge in [-0.1, -0.05) is 48.5 Å². The molecule has 0 amide bonds. The zero-order valence-electron chi connectivity index (χ0n) is 10.1. The SMILES string of the molecule is OCc1ccc(C=CCOc2ccccc2)cc1. The summed E-state index contributed by atoms with van der Waals surface area (Å²) in [6.07, 6.45) is 3.98. The summed E-state index contributed by atoms with van der Waals surface area (Å²) < 4.78 is 5.55. The summed E-state index contributed by atoms with van der Waals surface area (Å²) in [6, 6.07) is 17.5. The third-order valence-electron chi connectivity index (χ3n) is 2.56. The van der Waals surface area contributed by atoms with E-state index in [2.05, 4.69) is 0 Å². The fourth-order valence-corrected chi connectivity index (χ4v) is 1.58. The summed E-state index contributed by atoms with van der Waals surface area (Å²) >= 11 is 0. The Hall–Kier alpha value is -2.06. The van der Waals surface area contributed by atoms with Gasteiger partial charge in [0.2, 0.25) is 0 Å². The number of aliphatic hydroxyl groups excluding tert-OH is 1. The number of hydrogen-bond acceptors (Lipinski definition) is 2. The molecule has 0 heterocycles. The van der Waals surface area contributed by atoms with Crippen LogP contribution in [0.4, 0.5) is 0 Å². The van der Waals surface area contributed by atoms with Crippen molar-refractivity contribution < 1.29 is 9.84 Å². The highest BCUT2D eigenvalue weighted by molar-refractivity contribution is 5.49. The van der Waals surface area contributed by atoms with Crippen LogP contribution in [0.5, 0.6) is 5.75 Å². The molecule has 0 bridgehead atoms. The zero-order chi connectivity index (χ0) is 12.6. The predicted molar refractivity (Wildman–Crippen MR) is 73.3 cm³/mol. The van der Waals surface area contributed by atoms with Gasteiger partial charge in [-0.05, 0) is 29.3 Å². The van der Waals surface area contributed by atoms with Crippen molar-refractivity contribution in [2.24, 2.45) is 0 Å². The zero-order valence-corrected chi connectivity index (χ0v) is 10.1. The molecule has 0 radical (unpaired) electrons. The lowest BCUT2D eigenvalue weighted by Gasteiger charge is -2.01. The highest BCUT2D eigenvalue weighted by atomic mass is 16.5. The van der Waals surface area contributed by atoms with Crippen molar-refractivity contribution in [3.8, 4) is 5.75 Å². The highest BCUT2D eigenvalue weighted by Gasteiger charge is 1.90. The van der Waals surface area contributed by atoms with Crippen molar-refractivity contribution in [3.05, 3.63) is 71.8 Å². The molecule has 0 saturated carbocycles. The van der Waals surface area contributed by atoms with Gasteiger partial charge in [0.15, 0.2) is 0 Å². The molecule has 2 heteroatoms. The summed E-state index contributed by atoms with van der Waals surface area (Å²) in [5, 5.41) is 8.93. The van der Waals surface area contributed by atoms with Gasteiger partial charge in [-0.15, -0.1) is 0 Å². The van der Waals surface area contributed by atoms with Crippen molar-refractivity contribution in [1.29, 1.82) is 0 Å². The molecule has 0 fully saturated rings. The van der Waals surface area contributed by atoms with Crippen molar-refractivity contribution in [3.63, 3.8) is 0 Å². The quantitative estimate of drug-likeness (QED) is 0.869. The Labute approximate surface area is 107 Å². The van der Waals surface area contributed by atoms with Crippen LogP contribution < -0.4 is 4.74 Å². The van der Waals surface area contributed by atoms with E-state index in [4.69, 9.17) is 9.84 Å². The maximum Gasteiger partial charge on any atom is 0.119 e. The molecule has 0 aliphatic rings. The molecule has 1 N–H and O–H groups in total. The third-order valence-corrected chi connectivity index (χ3v) is 2.56. The average Bonchev–Trinajstić information content (AvgIpc) is 2.45. The minimum absolute atomic E-state index is 0.0844. The van der Waals surface area contributed by atoms with E-state index in [0.717, 1.165) is 16.9 Å². The van der Waals surface area contributed by atoms with Gasteiger partial charge in [-0.2, -0.15) is 0 Å². The van der Waals surface area contributed by atoms with E-state index in [9.17, 15) is 0 Å². The van der Waals surface area contributed by atoms with Gasteiger partial charge in [-0.3, -0.25) is 0 Å². The first-order chi connectivity index (χ1) is 8.88. The van der Waals surface area contributed by atoms with Gasteiger partial charge in [0.05, 0.1) is 6.61 Å². The molecule has 0 aliphatic heterocycles. The largest absolute Gasteiger partial charge is 0.490 e. The Kier molecular flexibility index (Phi) is 4.56. The smallest absolute Gasteiger partial charge is 0.119 e. The van der Waals surface area contributed by atoms with E-state index in [1.165, 1.54) is 0 Å². The average molecular weight is 240 g/mol. The lowest BCUT2D eigenvalue weighted by atomic mass is 10.1. The number of rotatable bonds is 5. The van der Waals surface area contributed by atoms with E-state index in [0.29, 0.717) is 6.61 Å². The van der Waals surface area contributed by atoms with Gasteiger partial charge in [0.1, 0.15) is 12.4 Å². The number of ether oxygens (including phenoxy) is 1. The van der Waals surface area contributed by atoms with E-state index in [-0.39, 0.29) is 6.61 Å². The topological polar surface area (TPSA) is 29.5 Å². The van der Waals surface area contributed by atoms with E-state index in [1.54, 1.807) is 0 Å². The van der Waals surface area contributed by atoms with Crippen LogP contribution in [0.3, 0.4) is 0 Å². The molecule has 0 aromatic heterocycles. The predicted octanol–water partition coefficient (Wildman–Crippen LogP) is 3.27. The third kappa shape index (κ3) is 3.75. The molecule has 92 valence electrons. The van der Waals surface area contributed by atoms with Gasteiger partial charge in [0, 0.05) is 0 Å². The van der Waals surface area contributed by atoms with Crippen LogP contribution in [0, 0.1) is 0 Å². The van der Waals surface area contributed by atoms with Crippen LogP contribution in [-0.4, -0.2) is 11.7 Å². The Morgan fingerprint density at radius 1 is 0.944 bits per heavy atom. The van der Waals surface area contributed by atoms with Gasteiger partial charge >= 0.3 is 0 Å². The maximum absolute atomic E-state index is 8.93. The molecular weight excluding hydrogens is 224 g/mol. The summed E-state index contributed by atoms with van der Waals surface area (Å²) in [5.74, 6) is 0.873. The number of benzene rings is 2. The van der Waals surface area contributed by atoms with Gasteiger partial charge in [0.25, 0.3) is 0 Å². The Morgan fingerprint density at radius 2 is 1.67 bits per heavy atom. The molecular formula is C16H16O2. The Bertz CT molecular complexity index is 486. The van der Waals surface area contributed by atoms with Crippen LogP contribution in [0.1, 0.15) is 11.1 Å².